The van der Waals surface area contributed by atoms with Crippen molar-refractivity contribution in [3.63, 3.8) is 0 Å². The van der Waals surface area contributed by atoms with E-state index in [0.717, 1.165) is 11.1 Å². The van der Waals surface area contributed by atoms with Gasteiger partial charge in [-0.1, -0.05) is 60.7 Å². The summed E-state index contributed by atoms with van der Waals surface area (Å²) in [5, 5.41) is 9.68. The van der Waals surface area contributed by atoms with Gasteiger partial charge in [0.2, 0.25) is 0 Å². The Labute approximate surface area is 158 Å². The van der Waals surface area contributed by atoms with E-state index in [4.69, 9.17) is 9.47 Å². The SMILES string of the molecule is C[C@@]1(C(=O)O)C[C@@H](OCc2ccccc2)CN1C(=O)OCc1ccccc1. The average Bonchev–Trinajstić information content (AvgIpc) is 3.04. The lowest BCUT2D eigenvalue weighted by Gasteiger charge is -2.29. The Morgan fingerprint density at radius 3 is 2.15 bits per heavy atom. The number of aliphatic carboxylic acids is 1. The second-order valence-corrected chi connectivity index (χ2v) is 6.85. The van der Waals surface area contributed by atoms with Crippen molar-refractivity contribution in [2.24, 2.45) is 0 Å². The number of ether oxygens (including phenoxy) is 2. The van der Waals surface area contributed by atoms with Crippen LogP contribution in [0.3, 0.4) is 0 Å². The molecule has 2 aromatic carbocycles. The Balaban J connectivity index is 1.63. The molecule has 0 aromatic heterocycles. The largest absolute Gasteiger partial charge is 0.480 e. The Bertz CT molecular complexity index is 780. The van der Waals surface area contributed by atoms with E-state index in [2.05, 4.69) is 0 Å². The number of hydrogen-bond acceptors (Lipinski definition) is 4. The highest BCUT2D eigenvalue weighted by Gasteiger charge is 2.51. The minimum atomic E-state index is -1.35. The predicted octanol–water partition coefficient (Wildman–Crippen LogP) is 3.46. The molecule has 1 heterocycles. The van der Waals surface area contributed by atoms with Gasteiger partial charge in [-0.3, -0.25) is 4.90 Å². The van der Waals surface area contributed by atoms with Gasteiger partial charge in [-0.15, -0.1) is 0 Å². The first-order chi connectivity index (χ1) is 13.0. The third kappa shape index (κ3) is 4.46. The Morgan fingerprint density at radius 1 is 1.04 bits per heavy atom. The van der Waals surface area contributed by atoms with Gasteiger partial charge in [-0.2, -0.15) is 0 Å². The molecule has 0 radical (unpaired) electrons. The lowest BCUT2D eigenvalue weighted by atomic mass is 9.99. The standard InChI is InChI=1S/C21H23NO5/c1-21(19(23)24)12-18(26-14-16-8-4-2-5-9-16)13-22(21)20(25)27-15-17-10-6-3-7-11-17/h2-11,18H,12-15H2,1H3,(H,23,24)/t18-,21+/m1/s1. The third-order valence-corrected chi connectivity index (χ3v) is 4.82. The Morgan fingerprint density at radius 2 is 1.59 bits per heavy atom. The molecule has 1 fully saturated rings. The molecule has 6 nitrogen and oxygen atoms in total. The van der Waals surface area contributed by atoms with Crippen LogP contribution < -0.4 is 0 Å². The smallest absolute Gasteiger partial charge is 0.411 e. The quantitative estimate of drug-likeness (QED) is 0.844. The molecule has 2 aromatic rings. The molecule has 0 spiro atoms. The van der Waals surface area contributed by atoms with Gasteiger partial charge >= 0.3 is 12.1 Å². The normalized spacial score (nSPS) is 21.8. The lowest BCUT2D eigenvalue weighted by molar-refractivity contribution is -0.148. The van der Waals surface area contributed by atoms with Gasteiger partial charge in [0.05, 0.1) is 19.3 Å². The molecule has 0 bridgehead atoms. The zero-order valence-electron chi connectivity index (χ0n) is 15.2. The average molecular weight is 369 g/mol. The highest BCUT2D eigenvalue weighted by Crippen LogP contribution is 2.32. The molecule has 3 rings (SSSR count). The molecule has 2 atom stereocenters. The first-order valence-corrected chi connectivity index (χ1v) is 8.86. The number of rotatable bonds is 6. The summed E-state index contributed by atoms with van der Waals surface area (Å²) in [6, 6.07) is 18.9. The number of carbonyl (C=O) groups excluding carboxylic acids is 1. The minimum Gasteiger partial charge on any atom is -0.480 e. The number of carbonyl (C=O) groups is 2. The lowest BCUT2D eigenvalue weighted by Crippen LogP contribution is -2.50. The molecule has 27 heavy (non-hydrogen) atoms. The van der Waals surface area contributed by atoms with Crippen LogP contribution in [-0.4, -0.2) is 40.3 Å². The van der Waals surface area contributed by atoms with Crippen molar-refractivity contribution in [3.05, 3.63) is 71.8 Å². The number of hydrogen-bond donors (Lipinski definition) is 1. The van der Waals surface area contributed by atoms with Crippen LogP contribution in [0, 0.1) is 0 Å². The summed E-state index contributed by atoms with van der Waals surface area (Å²) in [5.74, 6) is -1.06. The summed E-state index contributed by atoms with van der Waals surface area (Å²) in [6.45, 7) is 2.18. The van der Waals surface area contributed by atoms with Crippen LogP contribution in [0.4, 0.5) is 4.79 Å². The van der Waals surface area contributed by atoms with Crippen LogP contribution >= 0.6 is 0 Å². The minimum absolute atomic E-state index is 0.0986. The first kappa shape index (κ1) is 18.9. The van der Waals surface area contributed by atoms with E-state index in [1.54, 1.807) is 0 Å². The maximum absolute atomic E-state index is 12.5. The van der Waals surface area contributed by atoms with E-state index < -0.39 is 17.6 Å². The maximum Gasteiger partial charge on any atom is 0.411 e. The number of likely N-dealkylation sites (tertiary alicyclic amines) is 1. The van der Waals surface area contributed by atoms with Crippen molar-refractivity contribution in [1.29, 1.82) is 0 Å². The highest BCUT2D eigenvalue weighted by atomic mass is 16.6. The molecule has 142 valence electrons. The fourth-order valence-electron chi connectivity index (χ4n) is 3.20. The van der Waals surface area contributed by atoms with Crippen LogP contribution in [0.25, 0.3) is 0 Å². The highest BCUT2D eigenvalue weighted by molar-refractivity contribution is 5.85. The summed E-state index contributed by atoms with van der Waals surface area (Å²) in [6.07, 6.45) is -0.791. The first-order valence-electron chi connectivity index (χ1n) is 8.86. The monoisotopic (exact) mass is 369 g/mol. The molecular weight excluding hydrogens is 346 g/mol. The van der Waals surface area contributed by atoms with Crippen molar-refractivity contribution < 1.29 is 24.2 Å². The van der Waals surface area contributed by atoms with Crippen LogP contribution in [-0.2, 0) is 27.5 Å². The van der Waals surface area contributed by atoms with Gasteiger partial charge in [-0.05, 0) is 18.1 Å². The zero-order valence-corrected chi connectivity index (χ0v) is 15.2. The molecule has 1 N–H and O–H groups in total. The van der Waals surface area contributed by atoms with Gasteiger partial charge in [-0.25, -0.2) is 9.59 Å². The second kappa shape index (κ2) is 8.22. The van der Waals surface area contributed by atoms with Gasteiger partial charge in [0, 0.05) is 6.42 Å². The van der Waals surface area contributed by atoms with Crippen LogP contribution in [0.1, 0.15) is 24.5 Å². The van der Waals surface area contributed by atoms with Gasteiger partial charge in [0.25, 0.3) is 0 Å². The summed E-state index contributed by atoms with van der Waals surface area (Å²) in [5.41, 5.74) is 0.494. The van der Waals surface area contributed by atoms with Crippen LogP contribution in [0.15, 0.2) is 60.7 Å². The topological polar surface area (TPSA) is 76.1 Å². The predicted molar refractivity (Wildman–Crippen MR) is 99.0 cm³/mol. The van der Waals surface area contributed by atoms with Gasteiger partial charge in [0.15, 0.2) is 0 Å². The third-order valence-electron chi connectivity index (χ3n) is 4.82. The van der Waals surface area contributed by atoms with Gasteiger partial charge in [0.1, 0.15) is 12.1 Å². The summed E-state index contributed by atoms with van der Waals surface area (Å²) >= 11 is 0. The zero-order chi connectivity index (χ0) is 19.3. The number of carboxylic acids is 1. The molecular formula is C21H23NO5. The number of nitrogens with zero attached hydrogens (tertiary/aromatic N) is 1. The maximum atomic E-state index is 12.5. The molecule has 0 unspecified atom stereocenters. The van der Waals surface area contributed by atoms with E-state index in [0.29, 0.717) is 6.61 Å². The fourth-order valence-corrected chi connectivity index (χ4v) is 3.20. The van der Waals surface area contributed by atoms with Crippen molar-refractivity contribution in [3.8, 4) is 0 Å². The van der Waals surface area contributed by atoms with Crippen LogP contribution in [0.2, 0.25) is 0 Å². The van der Waals surface area contributed by atoms with Crippen molar-refractivity contribution in [2.75, 3.05) is 6.54 Å². The van der Waals surface area contributed by atoms with E-state index in [1.807, 2.05) is 60.7 Å². The molecule has 1 saturated heterocycles. The van der Waals surface area contributed by atoms with Gasteiger partial charge < -0.3 is 14.6 Å². The second-order valence-electron chi connectivity index (χ2n) is 6.85. The van der Waals surface area contributed by atoms with E-state index in [-0.39, 0.29) is 25.7 Å². The van der Waals surface area contributed by atoms with E-state index >= 15 is 0 Å². The van der Waals surface area contributed by atoms with E-state index in [1.165, 1.54) is 11.8 Å². The van der Waals surface area contributed by atoms with E-state index in [9.17, 15) is 14.7 Å². The van der Waals surface area contributed by atoms with Crippen molar-refractivity contribution in [1.82, 2.24) is 4.90 Å². The fraction of sp³-hybridized carbons (Fsp3) is 0.333. The molecule has 1 aliphatic rings. The number of benzene rings is 2. The summed E-state index contributed by atoms with van der Waals surface area (Å²) in [7, 11) is 0. The Kier molecular flexibility index (Phi) is 5.76. The number of carboxylic acid groups (broad SMARTS) is 1. The van der Waals surface area contributed by atoms with Crippen molar-refractivity contribution in [2.45, 2.75) is 38.2 Å². The molecule has 1 aliphatic heterocycles. The molecule has 6 heteroatoms. The van der Waals surface area contributed by atoms with Crippen molar-refractivity contribution >= 4 is 12.1 Å². The summed E-state index contributed by atoms with van der Waals surface area (Å²) in [4.78, 5) is 25.6. The van der Waals surface area contributed by atoms with Crippen LogP contribution in [0.5, 0.6) is 0 Å². The molecule has 0 saturated carbocycles. The molecule has 1 amide bonds. The Hall–Kier alpha value is -2.86. The summed E-state index contributed by atoms with van der Waals surface area (Å²) < 4.78 is 11.2. The molecule has 0 aliphatic carbocycles. The number of amides is 1.